The Hall–Kier alpha value is -3.82. The van der Waals surface area contributed by atoms with E-state index >= 15 is 0 Å². The Morgan fingerprint density at radius 3 is 2.64 bits per heavy atom. The number of fused-ring (bicyclic) bond motifs is 1. The van der Waals surface area contributed by atoms with Crippen LogP contribution in [0.1, 0.15) is 38.3 Å². The smallest absolute Gasteiger partial charge is 0.289 e. The number of carbonyl (C=O) groups is 1. The lowest BCUT2D eigenvalue weighted by atomic mass is 10.0. The molecule has 3 aromatic heterocycles. The molecule has 0 saturated heterocycles. The number of amides is 1. The van der Waals surface area contributed by atoms with Crippen LogP contribution in [0.3, 0.4) is 0 Å². The average Bonchev–Trinajstić information content (AvgIpc) is 3.44. The number of nitrogens with one attached hydrogen (secondary N) is 2. The van der Waals surface area contributed by atoms with Crippen molar-refractivity contribution < 1.29 is 9.32 Å². The Kier molecular flexibility index (Phi) is 6.67. The third kappa shape index (κ3) is 5.07. The first-order valence-electron chi connectivity index (χ1n) is 11.3. The normalized spacial score (nSPS) is 11.1. The van der Waals surface area contributed by atoms with Gasteiger partial charge in [-0.3, -0.25) is 4.79 Å². The molecule has 0 spiro atoms. The summed E-state index contributed by atoms with van der Waals surface area (Å²) < 4.78 is 5.36. The molecule has 5 rings (SSSR count). The SMILES string of the molecule is Cc1nc(CNC(=O)c2nc(NCc3cccc(Cl)c3)c3cc(-c4c(C)noc4C)ccc3n2)cs1. The van der Waals surface area contributed by atoms with Crippen LogP contribution < -0.4 is 10.6 Å². The summed E-state index contributed by atoms with van der Waals surface area (Å²) in [6.07, 6.45) is 0. The molecule has 0 unspecified atom stereocenters. The van der Waals surface area contributed by atoms with Crippen LogP contribution in [0, 0.1) is 20.8 Å². The average molecular weight is 519 g/mol. The van der Waals surface area contributed by atoms with Crippen LogP contribution in [-0.4, -0.2) is 26.0 Å². The lowest BCUT2D eigenvalue weighted by molar-refractivity contribution is 0.0940. The molecule has 0 fully saturated rings. The fourth-order valence-electron chi connectivity index (χ4n) is 3.99. The predicted octanol–water partition coefficient (Wildman–Crippen LogP) is 5.86. The zero-order valence-electron chi connectivity index (χ0n) is 19.9. The molecule has 0 bridgehead atoms. The minimum absolute atomic E-state index is 0.0770. The first kappa shape index (κ1) is 23.9. The second-order valence-corrected chi connectivity index (χ2v) is 9.85. The minimum atomic E-state index is -0.372. The maximum atomic E-state index is 13.0. The highest BCUT2D eigenvalue weighted by atomic mass is 35.5. The third-order valence-electron chi connectivity index (χ3n) is 5.67. The van der Waals surface area contributed by atoms with E-state index in [1.54, 1.807) is 0 Å². The number of carbonyl (C=O) groups excluding carboxylic acids is 1. The van der Waals surface area contributed by atoms with Crippen molar-refractivity contribution in [1.29, 1.82) is 0 Å². The third-order valence-corrected chi connectivity index (χ3v) is 6.72. The van der Waals surface area contributed by atoms with Crippen molar-refractivity contribution in [3.63, 3.8) is 0 Å². The van der Waals surface area contributed by atoms with Gasteiger partial charge in [0.05, 0.1) is 28.5 Å². The number of anilines is 1. The second kappa shape index (κ2) is 10.0. The molecule has 0 aliphatic heterocycles. The van der Waals surface area contributed by atoms with Gasteiger partial charge in [0.15, 0.2) is 0 Å². The van der Waals surface area contributed by atoms with Gasteiger partial charge in [0.1, 0.15) is 11.6 Å². The van der Waals surface area contributed by atoms with Gasteiger partial charge < -0.3 is 15.2 Å². The van der Waals surface area contributed by atoms with Crippen LogP contribution in [0.25, 0.3) is 22.0 Å². The van der Waals surface area contributed by atoms with Crippen LogP contribution in [0.2, 0.25) is 5.02 Å². The molecule has 0 aliphatic rings. The van der Waals surface area contributed by atoms with Crippen molar-refractivity contribution >= 4 is 45.6 Å². The van der Waals surface area contributed by atoms with Gasteiger partial charge in [-0.25, -0.2) is 15.0 Å². The van der Waals surface area contributed by atoms with Crippen LogP contribution in [0.4, 0.5) is 5.82 Å². The zero-order valence-corrected chi connectivity index (χ0v) is 21.5. The summed E-state index contributed by atoms with van der Waals surface area (Å²) in [7, 11) is 0. The van der Waals surface area contributed by atoms with E-state index in [0.717, 1.165) is 44.2 Å². The summed E-state index contributed by atoms with van der Waals surface area (Å²) in [5, 5.41) is 14.6. The van der Waals surface area contributed by atoms with E-state index < -0.39 is 0 Å². The van der Waals surface area contributed by atoms with Crippen molar-refractivity contribution in [3.8, 4) is 11.1 Å². The van der Waals surface area contributed by atoms with E-state index in [0.29, 0.717) is 29.4 Å². The molecule has 3 heterocycles. The van der Waals surface area contributed by atoms with Gasteiger partial charge in [-0.2, -0.15) is 0 Å². The minimum Gasteiger partial charge on any atom is -0.365 e. The lowest BCUT2D eigenvalue weighted by Gasteiger charge is -2.12. The van der Waals surface area contributed by atoms with E-state index in [-0.39, 0.29) is 11.7 Å². The highest BCUT2D eigenvalue weighted by Gasteiger charge is 2.17. The highest BCUT2D eigenvalue weighted by Crippen LogP contribution is 2.31. The Morgan fingerprint density at radius 1 is 1.06 bits per heavy atom. The summed E-state index contributed by atoms with van der Waals surface area (Å²) in [4.78, 5) is 26.5. The van der Waals surface area contributed by atoms with Crippen molar-refractivity contribution in [2.75, 3.05) is 5.32 Å². The number of halogens is 1. The van der Waals surface area contributed by atoms with Gasteiger partial charge in [-0.1, -0.05) is 35.0 Å². The number of aryl methyl sites for hydroxylation is 3. The van der Waals surface area contributed by atoms with E-state index in [9.17, 15) is 4.79 Å². The zero-order chi connectivity index (χ0) is 25.2. The number of rotatable bonds is 7. The van der Waals surface area contributed by atoms with Crippen LogP contribution in [0.5, 0.6) is 0 Å². The van der Waals surface area contributed by atoms with Crippen molar-refractivity contribution in [3.05, 3.63) is 86.4 Å². The summed E-state index contributed by atoms with van der Waals surface area (Å²) >= 11 is 7.70. The predicted molar refractivity (Wildman–Crippen MR) is 141 cm³/mol. The van der Waals surface area contributed by atoms with Gasteiger partial charge in [0.2, 0.25) is 5.82 Å². The number of thiazole rings is 1. The van der Waals surface area contributed by atoms with E-state index in [2.05, 4.69) is 30.7 Å². The molecule has 2 aromatic carbocycles. The van der Waals surface area contributed by atoms with E-state index in [1.165, 1.54) is 11.3 Å². The van der Waals surface area contributed by atoms with Crippen LogP contribution in [0.15, 0.2) is 52.4 Å². The number of nitrogens with zero attached hydrogens (tertiary/aromatic N) is 4. The Morgan fingerprint density at radius 2 is 1.92 bits per heavy atom. The standard InChI is InChI=1S/C26H23ClN6O2S/c1-14-23(15(2)35-33-14)18-7-8-22-21(10-18)24(28-11-17-5-4-6-19(27)9-17)32-25(31-22)26(34)29-12-20-13-36-16(3)30-20/h4-10,13H,11-12H2,1-3H3,(H,29,34)(H,28,31,32). The summed E-state index contributed by atoms with van der Waals surface area (Å²) in [5.41, 5.74) is 5.09. The van der Waals surface area contributed by atoms with Crippen molar-refractivity contribution in [2.24, 2.45) is 0 Å². The fraction of sp³-hybridized carbons (Fsp3) is 0.192. The molecule has 0 saturated carbocycles. The van der Waals surface area contributed by atoms with E-state index in [1.807, 2.05) is 68.6 Å². The van der Waals surface area contributed by atoms with Crippen LogP contribution in [-0.2, 0) is 13.1 Å². The Labute approximate surface area is 216 Å². The van der Waals surface area contributed by atoms with Gasteiger partial charge in [0.25, 0.3) is 5.91 Å². The molecule has 0 radical (unpaired) electrons. The maximum absolute atomic E-state index is 13.0. The van der Waals surface area contributed by atoms with Gasteiger partial charge >= 0.3 is 0 Å². The quantitative estimate of drug-likeness (QED) is 0.278. The Balaban J connectivity index is 1.51. The largest absolute Gasteiger partial charge is 0.365 e. The Bertz CT molecular complexity index is 1560. The van der Waals surface area contributed by atoms with Crippen LogP contribution >= 0.6 is 22.9 Å². The lowest BCUT2D eigenvalue weighted by Crippen LogP contribution is -2.25. The molecule has 5 aromatic rings. The molecular formula is C26H23ClN6O2S. The first-order chi connectivity index (χ1) is 17.4. The van der Waals surface area contributed by atoms with Crippen molar-refractivity contribution in [1.82, 2.24) is 25.4 Å². The summed E-state index contributed by atoms with van der Waals surface area (Å²) in [6.45, 7) is 6.49. The van der Waals surface area contributed by atoms with E-state index in [4.69, 9.17) is 16.1 Å². The highest BCUT2D eigenvalue weighted by molar-refractivity contribution is 7.09. The molecular weight excluding hydrogens is 496 g/mol. The molecule has 0 aliphatic carbocycles. The van der Waals surface area contributed by atoms with Gasteiger partial charge in [-0.15, -0.1) is 11.3 Å². The van der Waals surface area contributed by atoms with Crippen molar-refractivity contribution in [2.45, 2.75) is 33.9 Å². The molecule has 0 atom stereocenters. The maximum Gasteiger partial charge on any atom is 0.289 e. The summed E-state index contributed by atoms with van der Waals surface area (Å²) in [6, 6.07) is 13.4. The summed E-state index contributed by atoms with van der Waals surface area (Å²) in [5.74, 6) is 0.981. The number of aromatic nitrogens is 4. The molecule has 2 N–H and O–H groups in total. The molecule has 182 valence electrons. The molecule has 10 heteroatoms. The second-order valence-electron chi connectivity index (χ2n) is 8.35. The van der Waals surface area contributed by atoms with Gasteiger partial charge in [-0.05, 0) is 56.2 Å². The number of hydrogen-bond donors (Lipinski definition) is 2. The first-order valence-corrected chi connectivity index (χ1v) is 12.6. The monoisotopic (exact) mass is 518 g/mol. The molecule has 8 nitrogen and oxygen atoms in total. The fourth-order valence-corrected chi connectivity index (χ4v) is 4.81. The molecule has 36 heavy (non-hydrogen) atoms. The topological polar surface area (TPSA) is 106 Å². The number of benzene rings is 2. The molecule has 1 amide bonds. The van der Waals surface area contributed by atoms with Gasteiger partial charge in [0, 0.05) is 27.9 Å². The number of hydrogen-bond acceptors (Lipinski definition) is 8.